The summed E-state index contributed by atoms with van der Waals surface area (Å²) in [6.45, 7) is 1.28. The number of carbonyl (C=O) groups is 1. The van der Waals surface area contributed by atoms with Gasteiger partial charge in [0.2, 0.25) is 0 Å². The Balaban J connectivity index is 2.50. The maximum Gasteiger partial charge on any atom is 0.164 e. The van der Waals surface area contributed by atoms with Gasteiger partial charge in [0.25, 0.3) is 0 Å². The third-order valence-corrected chi connectivity index (χ3v) is 2.60. The largest absolute Gasteiger partial charge is 0.396 e. The molecule has 0 aliphatic rings. The minimum Gasteiger partial charge on any atom is -0.396 e. The number of benzene rings is 1. The molecule has 0 aliphatic heterocycles. The Morgan fingerprint density at radius 2 is 1.83 bits per heavy atom. The van der Waals surface area contributed by atoms with Crippen LogP contribution in [-0.2, 0) is 0 Å². The fourth-order valence-electron chi connectivity index (χ4n) is 1.60. The van der Waals surface area contributed by atoms with Crippen molar-refractivity contribution in [2.45, 2.75) is 12.8 Å². The average molecular weight is 257 g/mol. The number of nitrogens with zero attached hydrogens (tertiary/aromatic N) is 1. The standard InChI is InChI=1S/C13H17F2NO2/c1-16(4-2-6-17)5-3-13(18)10-7-11(14)9-12(15)8-10/h7-9,17H,2-6H2,1H3. The Kier molecular flexibility index (Phi) is 5.88. The number of halogens is 2. The zero-order valence-corrected chi connectivity index (χ0v) is 10.3. The highest BCUT2D eigenvalue weighted by atomic mass is 19.1. The molecular formula is C13H17F2NO2. The number of aliphatic hydroxyl groups is 1. The van der Waals surface area contributed by atoms with Gasteiger partial charge in [-0.15, -0.1) is 0 Å². The van der Waals surface area contributed by atoms with Crippen molar-refractivity contribution < 1.29 is 18.7 Å². The van der Waals surface area contributed by atoms with E-state index in [0.717, 1.165) is 18.2 Å². The van der Waals surface area contributed by atoms with Crippen molar-refractivity contribution in [3.05, 3.63) is 35.4 Å². The highest BCUT2D eigenvalue weighted by Crippen LogP contribution is 2.10. The van der Waals surface area contributed by atoms with Crippen LogP contribution in [0.2, 0.25) is 0 Å². The molecule has 3 nitrogen and oxygen atoms in total. The van der Waals surface area contributed by atoms with Gasteiger partial charge in [0, 0.05) is 37.7 Å². The average Bonchev–Trinajstić information content (AvgIpc) is 2.32. The molecule has 0 amide bonds. The first-order valence-corrected chi connectivity index (χ1v) is 5.81. The smallest absolute Gasteiger partial charge is 0.164 e. The van der Waals surface area contributed by atoms with Gasteiger partial charge in [-0.2, -0.15) is 0 Å². The van der Waals surface area contributed by atoms with E-state index < -0.39 is 11.6 Å². The second kappa shape index (κ2) is 7.18. The van der Waals surface area contributed by atoms with Crippen LogP contribution in [0.5, 0.6) is 0 Å². The maximum atomic E-state index is 12.9. The van der Waals surface area contributed by atoms with E-state index in [2.05, 4.69) is 0 Å². The SMILES string of the molecule is CN(CCCO)CCC(=O)c1cc(F)cc(F)c1. The second-order valence-corrected chi connectivity index (χ2v) is 4.21. The normalized spacial score (nSPS) is 10.9. The Bertz CT molecular complexity index is 390. The highest BCUT2D eigenvalue weighted by Gasteiger charge is 2.10. The van der Waals surface area contributed by atoms with Crippen LogP contribution in [0, 0.1) is 11.6 Å². The van der Waals surface area contributed by atoms with Gasteiger partial charge in [-0.05, 0) is 25.6 Å². The van der Waals surface area contributed by atoms with Gasteiger partial charge in [-0.3, -0.25) is 4.79 Å². The molecule has 1 aromatic carbocycles. The van der Waals surface area contributed by atoms with Gasteiger partial charge in [-0.25, -0.2) is 8.78 Å². The molecule has 0 saturated carbocycles. The molecule has 1 rings (SSSR count). The molecule has 0 heterocycles. The third-order valence-electron chi connectivity index (χ3n) is 2.60. The van der Waals surface area contributed by atoms with Gasteiger partial charge in [0.1, 0.15) is 11.6 Å². The number of carbonyl (C=O) groups excluding carboxylic acids is 1. The zero-order chi connectivity index (χ0) is 13.5. The molecule has 5 heteroatoms. The Morgan fingerprint density at radius 1 is 1.22 bits per heavy atom. The molecule has 1 aromatic rings. The van der Waals surface area contributed by atoms with E-state index in [4.69, 9.17) is 5.11 Å². The van der Waals surface area contributed by atoms with E-state index >= 15 is 0 Å². The summed E-state index contributed by atoms with van der Waals surface area (Å²) in [7, 11) is 1.83. The number of Topliss-reactive ketones (excluding diaryl/α,β-unsaturated/α-hetero) is 1. The monoisotopic (exact) mass is 257 g/mol. The predicted molar refractivity (Wildman–Crippen MR) is 64.5 cm³/mol. The molecule has 0 bridgehead atoms. The summed E-state index contributed by atoms with van der Waals surface area (Å²) in [4.78, 5) is 13.6. The van der Waals surface area contributed by atoms with Gasteiger partial charge < -0.3 is 10.0 Å². The molecule has 0 radical (unpaired) electrons. The lowest BCUT2D eigenvalue weighted by Gasteiger charge is -2.15. The van der Waals surface area contributed by atoms with E-state index in [9.17, 15) is 13.6 Å². The van der Waals surface area contributed by atoms with Gasteiger partial charge >= 0.3 is 0 Å². The van der Waals surface area contributed by atoms with E-state index in [1.807, 2.05) is 11.9 Å². The minimum absolute atomic E-state index is 0.0584. The van der Waals surface area contributed by atoms with Crippen molar-refractivity contribution >= 4 is 5.78 Å². The van der Waals surface area contributed by atoms with Gasteiger partial charge in [-0.1, -0.05) is 0 Å². The quantitative estimate of drug-likeness (QED) is 0.758. The Labute approximate surface area is 105 Å². The van der Waals surface area contributed by atoms with Crippen LogP contribution < -0.4 is 0 Å². The molecule has 0 saturated heterocycles. The van der Waals surface area contributed by atoms with Crippen molar-refractivity contribution in [1.29, 1.82) is 0 Å². The zero-order valence-electron chi connectivity index (χ0n) is 10.3. The molecule has 0 aliphatic carbocycles. The van der Waals surface area contributed by atoms with Crippen molar-refractivity contribution in [3.63, 3.8) is 0 Å². The summed E-state index contributed by atoms with van der Waals surface area (Å²) in [6.07, 6.45) is 0.837. The molecular weight excluding hydrogens is 240 g/mol. The van der Waals surface area contributed by atoms with Crippen LogP contribution in [0.1, 0.15) is 23.2 Å². The van der Waals surface area contributed by atoms with E-state index in [1.165, 1.54) is 0 Å². The van der Waals surface area contributed by atoms with Crippen molar-refractivity contribution in [1.82, 2.24) is 4.90 Å². The molecule has 0 aromatic heterocycles. The fraction of sp³-hybridized carbons (Fsp3) is 0.462. The first kappa shape index (κ1) is 14.7. The number of hydrogen-bond donors (Lipinski definition) is 1. The highest BCUT2D eigenvalue weighted by molar-refractivity contribution is 5.96. The molecule has 0 fully saturated rings. The molecule has 100 valence electrons. The molecule has 18 heavy (non-hydrogen) atoms. The first-order chi connectivity index (χ1) is 8.52. The van der Waals surface area contributed by atoms with Crippen LogP contribution >= 0.6 is 0 Å². The Hall–Kier alpha value is -1.33. The van der Waals surface area contributed by atoms with E-state index in [-0.39, 0.29) is 24.4 Å². The molecule has 0 unspecified atom stereocenters. The number of aliphatic hydroxyl groups excluding tert-OH is 1. The molecule has 0 spiro atoms. The van der Waals surface area contributed by atoms with Crippen molar-refractivity contribution in [2.75, 3.05) is 26.7 Å². The van der Waals surface area contributed by atoms with E-state index in [1.54, 1.807) is 0 Å². The lowest BCUT2D eigenvalue weighted by Crippen LogP contribution is -2.23. The minimum atomic E-state index is -0.744. The number of hydrogen-bond acceptors (Lipinski definition) is 3. The van der Waals surface area contributed by atoms with Crippen molar-refractivity contribution in [2.24, 2.45) is 0 Å². The third kappa shape index (κ3) is 4.89. The Morgan fingerprint density at radius 3 is 2.39 bits per heavy atom. The van der Waals surface area contributed by atoms with E-state index in [0.29, 0.717) is 19.5 Å². The summed E-state index contributed by atoms with van der Waals surface area (Å²) in [6, 6.07) is 2.82. The second-order valence-electron chi connectivity index (χ2n) is 4.21. The lowest BCUT2D eigenvalue weighted by molar-refractivity contribution is 0.0967. The van der Waals surface area contributed by atoms with Crippen LogP contribution in [-0.4, -0.2) is 42.5 Å². The van der Waals surface area contributed by atoms with Crippen LogP contribution in [0.15, 0.2) is 18.2 Å². The summed E-state index contributed by atoms with van der Waals surface area (Å²) in [5, 5.41) is 8.65. The maximum absolute atomic E-state index is 12.9. The summed E-state index contributed by atoms with van der Waals surface area (Å²) in [5.74, 6) is -1.77. The van der Waals surface area contributed by atoms with Gasteiger partial charge in [0.15, 0.2) is 5.78 Å². The lowest BCUT2D eigenvalue weighted by atomic mass is 10.1. The van der Waals surface area contributed by atoms with Crippen LogP contribution in [0.3, 0.4) is 0 Å². The van der Waals surface area contributed by atoms with Gasteiger partial charge in [0.05, 0.1) is 0 Å². The number of rotatable bonds is 7. The topological polar surface area (TPSA) is 40.5 Å². The first-order valence-electron chi connectivity index (χ1n) is 5.81. The summed E-state index contributed by atoms with van der Waals surface area (Å²) in [5.41, 5.74) is 0.0584. The number of ketones is 1. The summed E-state index contributed by atoms with van der Waals surface area (Å²) >= 11 is 0. The summed E-state index contributed by atoms with van der Waals surface area (Å²) < 4.78 is 25.8. The fourth-order valence-corrected chi connectivity index (χ4v) is 1.60. The molecule has 1 N–H and O–H groups in total. The molecule has 0 atom stereocenters. The van der Waals surface area contributed by atoms with Crippen LogP contribution in [0.25, 0.3) is 0 Å². The van der Waals surface area contributed by atoms with Crippen LogP contribution in [0.4, 0.5) is 8.78 Å². The predicted octanol–water partition coefficient (Wildman–Crippen LogP) is 1.85. The van der Waals surface area contributed by atoms with Crippen molar-refractivity contribution in [3.8, 4) is 0 Å².